The number of carbonyl (C=O) groups excluding carboxylic acids is 3. The minimum atomic E-state index is -0.732. The van der Waals surface area contributed by atoms with E-state index in [1.807, 2.05) is 15.8 Å². The maximum atomic E-state index is 13.0. The van der Waals surface area contributed by atoms with Crippen LogP contribution in [0, 0.1) is 11.8 Å². The molecule has 2 aromatic heterocycles. The summed E-state index contributed by atoms with van der Waals surface area (Å²) in [5.74, 6) is 6.04. The van der Waals surface area contributed by atoms with E-state index in [0.717, 1.165) is 63.8 Å². The van der Waals surface area contributed by atoms with E-state index in [1.165, 1.54) is 11.3 Å². The van der Waals surface area contributed by atoms with Crippen LogP contribution in [0.5, 0.6) is 0 Å². The number of nitrogens with one attached hydrogen (secondary N) is 3. The van der Waals surface area contributed by atoms with E-state index in [2.05, 4.69) is 32.9 Å². The van der Waals surface area contributed by atoms with Gasteiger partial charge in [-0.2, -0.15) is 5.10 Å². The third-order valence-corrected chi connectivity index (χ3v) is 7.34. The van der Waals surface area contributed by atoms with Gasteiger partial charge in [0, 0.05) is 38.8 Å². The van der Waals surface area contributed by atoms with Gasteiger partial charge >= 0.3 is 6.03 Å². The molecule has 2 saturated heterocycles. The summed E-state index contributed by atoms with van der Waals surface area (Å²) in [6.07, 6.45) is 8.39. The van der Waals surface area contributed by atoms with Crippen LogP contribution < -0.4 is 21.7 Å². The van der Waals surface area contributed by atoms with Crippen molar-refractivity contribution in [1.29, 1.82) is 0 Å². The van der Waals surface area contributed by atoms with Crippen LogP contribution in [0.3, 0.4) is 0 Å². The third kappa shape index (κ3) is 6.61. The highest BCUT2D eigenvalue weighted by Crippen LogP contribution is 2.27. The maximum Gasteiger partial charge on any atom is 0.316 e. The molecule has 186 valence electrons. The Morgan fingerprint density at radius 1 is 1.20 bits per heavy atom. The molecule has 0 spiro atoms. The van der Waals surface area contributed by atoms with Crippen LogP contribution in [0.1, 0.15) is 65.2 Å². The molecular formula is C24H31N7O3S. The predicted octanol–water partition coefficient (Wildman–Crippen LogP) is 1.89. The molecule has 11 heteroatoms. The van der Waals surface area contributed by atoms with Gasteiger partial charge in [-0.3, -0.25) is 14.3 Å². The molecule has 2 aromatic rings. The number of primary amides is 1. The average Bonchev–Trinajstić information content (AvgIpc) is 3.38. The van der Waals surface area contributed by atoms with Gasteiger partial charge in [0.15, 0.2) is 0 Å². The summed E-state index contributed by atoms with van der Waals surface area (Å²) in [6.45, 7) is 4.73. The molecule has 10 nitrogen and oxygen atoms in total. The van der Waals surface area contributed by atoms with Crippen molar-refractivity contribution in [2.45, 2.75) is 51.1 Å². The van der Waals surface area contributed by atoms with E-state index in [4.69, 9.17) is 5.73 Å². The highest BCUT2D eigenvalue weighted by atomic mass is 32.1. The van der Waals surface area contributed by atoms with Gasteiger partial charge in [0.05, 0.1) is 28.4 Å². The lowest BCUT2D eigenvalue weighted by Crippen LogP contribution is -2.40. The quantitative estimate of drug-likeness (QED) is 0.479. The van der Waals surface area contributed by atoms with E-state index < -0.39 is 6.03 Å². The Morgan fingerprint density at radius 3 is 2.74 bits per heavy atom. The zero-order chi connectivity index (χ0) is 24.8. The van der Waals surface area contributed by atoms with Crippen LogP contribution in [0.2, 0.25) is 0 Å². The second-order valence-electron chi connectivity index (χ2n) is 8.91. The number of thiophene rings is 1. The van der Waals surface area contributed by atoms with E-state index in [0.29, 0.717) is 15.4 Å². The SMILES string of the molecule is CC(=O)N1CCC(n2cc(C#Cc3cc(NC(N)=O)c(C(=O)NC4CCCCNC4)s3)cn2)CC1. The van der Waals surface area contributed by atoms with Crippen LogP contribution in [0.25, 0.3) is 0 Å². The number of nitrogens with zero attached hydrogens (tertiary/aromatic N) is 3. The molecule has 0 bridgehead atoms. The van der Waals surface area contributed by atoms with Crippen LogP contribution in [0.15, 0.2) is 18.5 Å². The molecule has 0 radical (unpaired) electrons. The number of anilines is 1. The van der Waals surface area contributed by atoms with Gasteiger partial charge in [-0.25, -0.2) is 4.79 Å². The fraction of sp³-hybridized carbons (Fsp3) is 0.500. The molecule has 0 aromatic carbocycles. The number of hydrogen-bond donors (Lipinski definition) is 4. The molecule has 1 unspecified atom stereocenters. The van der Waals surface area contributed by atoms with Crippen molar-refractivity contribution in [3.05, 3.63) is 33.8 Å². The summed E-state index contributed by atoms with van der Waals surface area (Å²) in [7, 11) is 0. The second-order valence-corrected chi connectivity index (χ2v) is 9.96. The molecule has 0 aliphatic carbocycles. The smallest absolute Gasteiger partial charge is 0.316 e. The van der Waals surface area contributed by atoms with E-state index in [-0.39, 0.29) is 23.9 Å². The fourth-order valence-electron chi connectivity index (χ4n) is 4.42. The molecule has 1 atom stereocenters. The highest BCUT2D eigenvalue weighted by molar-refractivity contribution is 7.15. The largest absolute Gasteiger partial charge is 0.351 e. The molecule has 35 heavy (non-hydrogen) atoms. The van der Waals surface area contributed by atoms with Gasteiger partial charge in [-0.15, -0.1) is 11.3 Å². The van der Waals surface area contributed by atoms with Crippen molar-refractivity contribution in [3.8, 4) is 11.8 Å². The minimum absolute atomic E-state index is 0.0382. The van der Waals surface area contributed by atoms with Crippen molar-refractivity contribution in [2.24, 2.45) is 5.73 Å². The van der Waals surface area contributed by atoms with Gasteiger partial charge in [0.25, 0.3) is 5.91 Å². The van der Waals surface area contributed by atoms with E-state index in [1.54, 1.807) is 19.2 Å². The summed E-state index contributed by atoms with van der Waals surface area (Å²) in [4.78, 5) is 38.8. The number of aromatic nitrogens is 2. The number of likely N-dealkylation sites (tertiary alicyclic amines) is 1. The van der Waals surface area contributed by atoms with Gasteiger partial charge in [0.1, 0.15) is 4.88 Å². The summed E-state index contributed by atoms with van der Waals surface area (Å²) in [5, 5.41) is 13.4. The maximum absolute atomic E-state index is 13.0. The van der Waals surface area contributed by atoms with E-state index >= 15 is 0 Å². The second kappa shape index (κ2) is 11.4. The number of amides is 4. The molecule has 2 aliphatic rings. The first kappa shape index (κ1) is 24.8. The van der Waals surface area contributed by atoms with Gasteiger partial charge < -0.3 is 26.6 Å². The Bertz CT molecular complexity index is 1130. The van der Waals surface area contributed by atoms with E-state index in [9.17, 15) is 14.4 Å². The van der Waals surface area contributed by atoms with Crippen LogP contribution in [-0.4, -0.2) is 64.7 Å². The summed E-state index contributed by atoms with van der Waals surface area (Å²) >= 11 is 1.22. The fourth-order valence-corrected chi connectivity index (χ4v) is 5.29. The standard InChI is InChI=1S/C24H31N7O3S/c1-16(32)30-10-7-19(8-11-30)31-15-17(13-27-31)5-6-20-12-21(29-24(25)34)22(35-20)23(33)28-18-4-2-3-9-26-14-18/h12-13,15,18-19,26H,2-4,7-11,14H2,1H3,(H,28,33)(H3,25,29,34). The lowest BCUT2D eigenvalue weighted by molar-refractivity contribution is -0.130. The molecule has 0 saturated carbocycles. The highest BCUT2D eigenvalue weighted by Gasteiger charge is 2.23. The number of nitrogens with two attached hydrogens (primary N) is 1. The Labute approximate surface area is 208 Å². The van der Waals surface area contributed by atoms with Crippen molar-refractivity contribution in [2.75, 3.05) is 31.5 Å². The first-order chi connectivity index (χ1) is 16.9. The van der Waals surface area contributed by atoms with Gasteiger partial charge in [-0.1, -0.05) is 18.3 Å². The predicted molar refractivity (Wildman–Crippen MR) is 134 cm³/mol. The Hall–Kier alpha value is -3.36. The third-order valence-electron chi connectivity index (χ3n) is 6.29. The molecule has 2 aliphatic heterocycles. The number of hydrogen-bond acceptors (Lipinski definition) is 6. The molecule has 2 fully saturated rings. The van der Waals surface area contributed by atoms with Crippen LogP contribution in [-0.2, 0) is 4.79 Å². The number of urea groups is 1. The topological polar surface area (TPSA) is 134 Å². The molecule has 4 amide bonds. The number of piperidine rings is 1. The molecular weight excluding hydrogens is 466 g/mol. The summed E-state index contributed by atoms with van der Waals surface area (Å²) in [6, 6.07) is 1.22. The summed E-state index contributed by atoms with van der Waals surface area (Å²) in [5.41, 5.74) is 6.43. The van der Waals surface area contributed by atoms with Gasteiger partial charge in [-0.05, 0) is 38.3 Å². The Balaban J connectivity index is 1.45. The number of carbonyl (C=O) groups is 3. The van der Waals surface area contributed by atoms with Crippen molar-refractivity contribution in [3.63, 3.8) is 0 Å². The average molecular weight is 498 g/mol. The normalized spacial score (nSPS) is 18.8. The lowest BCUT2D eigenvalue weighted by Gasteiger charge is -2.31. The monoisotopic (exact) mass is 497 g/mol. The van der Waals surface area contributed by atoms with Crippen molar-refractivity contribution in [1.82, 2.24) is 25.3 Å². The zero-order valence-electron chi connectivity index (χ0n) is 19.8. The lowest BCUT2D eigenvalue weighted by atomic mass is 10.1. The zero-order valence-corrected chi connectivity index (χ0v) is 20.6. The van der Waals surface area contributed by atoms with Gasteiger partial charge in [0.2, 0.25) is 5.91 Å². The van der Waals surface area contributed by atoms with Crippen molar-refractivity contribution < 1.29 is 14.4 Å². The summed E-state index contributed by atoms with van der Waals surface area (Å²) < 4.78 is 1.91. The minimum Gasteiger partial charge on any atom is -0.351 e. The Kier molecular flexibility index (Phi) is 8.05. The first-order valence-electron chi connectivity index (χ1n) is 11.9. The van der Waals surface area contributed by atoms with Crippen LogP contribution in [0.4, 0.5) is 10.5 Å². The molecule has 4 rings (SSSR count). The first-order valence-corrected chi connectivity index (χ1v) is 12.7. The number of rotatable bonds is 4. The van der Waals surface area contributed by atoms with Crippen LogP contribution >= 0.6 is 11.3 Å². The van der Waals surface area contributed by atoms with Crippen molar-refractivity contribution >= 4 is 34.9 Å². The molecule has 5 N–H and O–H groups in total. The molecule has 4 heterocycles. The Morgan fingerprint density at radius 2 is 2.00 bits per heavy atom.